The number of hydrogen-bond acceptors (Lipinski definition) is 4. The molecular formula is C15H18N2O2. The zero-order valence-electron chi connectivity index (χ0n) is 10.9. The van der Waals surface area contributed by atoms with Gasteiger partial charge in [0, 0.05) is 12.6 Å². The smallest absolute Gasteiger partial charge is 0.123 e. The van der Waals surface area contributed by atoms with Gasteiger partial charge in [0.05, 0.1) is 12.7 Å². The lowest BCUT2D eigenvalue weighted by atomic mass is 10.0. The molecule has 0 aliphatic carbocycles. The van der Waals surface area contributed by atoms with Crippen LogP contribution >= 0.6 is 0 Å². The van der Waals surface area contributed by atoms with E-state index < -0.39 is 6.10 Å². The molecule has 1 aromatic carbocycles. The summed E-state index contributed by atoms with van der Waals surface area (Å²) in [6, 6.07) is 11.1. The highest BCUT2D eigenvalue weighted by atomic mass is 16.5. The Hall–Kier alpha value is -2.07. The Morgan fingerprint density at radius 2 is 2.16 bits per heavy atom. The Morgan fingerprint density at radius 3 is 2.89 bits per heavy atom. The zero-order valence-corrected chi connectivity index (χ0v) is 10.9. The van der Waals surface area contributed by atoms with Crippen molar-refractivity contribution in [2.75, 3.05) is 12.3 Å². The molecule has 0 radical (unpaired) electrons. The van der Waals surface area contributed by atoms with Gasteiger partial charge in [-0.05, 0) is 42.3 Å². The molecule has 0 fully saturated rings. The number of hydrogen-bond donors (Lipinski definition) is 2. The lowest BCUT2D eigenvalue weighted by Crippen LogP contribution is -2.03. The highest BCUT2D eigenvalue weighted by Crippen LogP contribution is 2.22. The minimum atomic E-state index is -0.581. The number of pyridine rings is 1. The Balaban J connectivity index is 2.11. The van der Waals surface area contributed by atoms with Gasteiger partial charge in [-0.3, -0.25) is 0 Å². The Bertz CT molecular complexity index is 543. The molecule has 0 spiro atoms. The summed E-state index contributed by atoms with van der Waals surface area (Å²) in [7, 11) is 0. The van der Waals surface area contributed by atoms with Crippen LogP contribution in [0.2, 0.25) is 0 Å². The van der Waals surface area contributed by atoms with Crippen molar-refractivity contribution in [1.82, 2.24) is 4.98 Å². The van der Waals surface area contributed by atoms with Crippen molar-refractivity contribution in [3.8, 4) is 5.75 Å². The van der Waals surface area contributed by atoms with E-state index in [-0.39, 0.29) is 0 Å². The van der Waals surface area contributed by atoms with Crippen LogP contribution in [0.3, 0.4) is 0 Å². The molecular weight excluding hydrogens is 240 g/mol. The van der Waals surface area contributed by atoms with Gasteiger partial charge in [-0.25, -0.2) is 4.98 Å². The second-order valence-electron chi connectivity index (χ2n) is 4.31. The van der Waals surface area contributed by atoms with E-state index in [4.69, 9.17) is 10.5 Å². The van der Waals surface area contributed by atoms with Crippen LogP contribution in [-0.2, 0) is 6.42 Å². The van der Waals surface area contributed by atoms with Gasteiger partial charge < -0.3 is 15.6 Å². The number of aliphatic hydroxyl groups is 1. The summed E-state index contributed by atoms with van der Waals surface area (Å²) in [6.07, 6.45) is 1.57. The summed E-state index contributed by atoms with van der Waals surface area (Å²) in [6.45, 7) is 2.54. The number of ether oxygens (including phenoxy) is 1. The first-order valence-electron chi connectivity index (χ1n) is 6.30. The van der Waals surface area contributed by atoms with E-state index in [0.717, 1.165) is 16.9 Å². The lowest BCUT2D eigenvalue weighted by Gasteiger charge is -2.13. The largest absolute Gasteiger partial charge is 0.494 e. The first kappa shape index (κ1) is 13.4. The molecule has 0 amide bonds. The molecule has 19 heavy (non-hydrogen) atoms. The maximum Gasteiger partial charge on any atom is 0.123 e. The van der Waals surface area contributed by atoms with Gasteiger partial charge in [0.1, 0.15) is 11.6 Å². The topological polar surface area (TPSA) is 68.4 Å². The number of nitrogens with two attached hydrogens (primary N) is 1. The van der Waals surface area contributed by atoms with E-state index in [1.165, 1.54) is 0 Å². The van der Waals surface area contributed by atoms with E-state index in [1.54, 1.807) is 12.3 Å². The van der Waals surface area contributed by atoms with Crippen LogP contribution < -0.4 is 10.5 Å². The fourth-order valence-corrected chi connectivity index (χ4v) is 1.94. The van der Waals surface area contributed by atoms with Crippen molar-refractivity contribution in [1.29, 1.82) is 0 Å². The van der Waals surface area contributed by atoms with Crippen LogP contribution in [0.4, 0.5) is 5.82 Å². The minimum Gasteiger partial charge on any atom is -0.494 e. The molecule has 1 unspecified atom stereocenters. The molecule has 4 heteroatoms. The van der Waals surface area contributed by atoms with Crippen molar-refractivity contribution >= 4 is 5.82 Å². The van der Waals surface area contributed by atoms with Gasteiger partial charge in [0.25, 0.3) is 0 Å². The number of rotatable bonds is 5. The van der Waals surface area contributed by atoms with E-state index >= 15 is 0 Å². The third-order valence-electron chi connectivity index (χ3n) is 2.83. The average Bonchev–Trinajstić information content (AvgIpc) is 2.39. The zero-order chi connectivity index (χ0) is 13.7. The summed E-state index contributed by atoms with van der Waals surface area (Å²) in [5.74, 6) is 1.24. The molecule has 2 aromatic rings. The Labute approximate surface area is 112 Å². The van der Waals surface area contributed by atoms with Crippen LogP contribution in [-0.4, -0.2) is 16.7 Å². The molecule has 1 heterocycles. The predicted molar refractivity (Wildman–Crippen MR) is 74.9 cm³/mol. The Morgan fingerprint density at radius 1 is 1.32 bits per heavy atom. The molecule has 100 valence electrons. The maximum absolute atomic E-state index is 10.2. The number of benzene rings is 1. The molecule has 1 aromatic heterocycles. The van der Waals surface area contributed by atoms with Crippen LogP contribution in [0, 0.1) is 0 Å². The SMILES string of the molecule is CCOc1cccc(C(O)Cc2ccnc(N)c2)c1. The fourth-order valence-electron chi connectivity index (χ4n) is 1.94. The van der Waals surface area contributed by atoms with Crippen molar-refractivity contribution in [3.63, 3.8) is 0 Å². The Kier molecular flexibility index (Phi) is 4.36. The number of aromatic nitrogens is 1. The van der Waals surface area contributed by atoms with Crippen LogP contribution in [0.5, 0.6) is 5.75 Å². The van der Waals surface area contributed by atoms with Gasteiger partial charge >= 0.3 is 0 Å². The van der Waals surface area contributed by atoms with Gasteiger partial charge in [0.2, 0.25) is 0 Å². The fraction of sp³-hybridized carbons (Fsp3) is 0.267. The average molecular weight is 258 g/mol. The van der Waals surface area contributed by atoms with Gasteiger partial charge in [-0.15, -0.1) is 0 Å². The molecule has 0 aliphatic heterocycles. The van der Waals surface area contributed by atoms with E-state index in [9.17, 15) is 5.11 Å². The highest BCUT2D eigenvalue weighted by molar-refractivity contribution is 5.34. The highest BCUT2D eigenvalue weighted by Gasteiger charge is 2.10. The minimum absolute atomic E-state index is 0.466. The number of nitrogen functional groups attached to an aromatic ring is 1. The van der Waals surface area contributed by atoms with E-state index in [2.05, 4.69) is 4.98 Å². The predicted octanol–water partition coefficient (Wildman–Crippen LogP) is 2.34. The second kappa shape index (κ2) is 6.20. The number of aliphatic hydroxyl groups excluding tert-OH is 1. The summed E-state index contributed by atoms with van der Waals surface area (Å²) < 4.78 is 5.42. The number of nitrogens with zero attached hydrogens (tertiary/aromatic N) is 1. The van der Waals surface area contributed by atoms with Crippen molar-refractivity contribution in [2.24, 2.45) is 0 Å². The third kappa shape index (κ3) is 3.69. The molecule has 3 N–H and O–H groups in total. The van der Waals surface area contributed by atoms with Gasteiger partial charge in [-0.1, -0.05) is 12.1 Å². The van der Waals surface area contributed by atoms with Gasteiger partial charge in [-0.2, -0.15) is 0 Å². The second-order valence-corrected chi connectivity index (χ2v) is 4.31. The van der Waals surface area contributed by atoms with Crippen molar-refractivity contribution in [2.45, 2.75) is 19.4 Å². The molecule has 0 bridgehead atoms. The van der Waals surface area contributed by atoms with Crippen LogP contribution in [0.15, 0.2) is 42.6 Å². The summed E-state index contributed by atoms with van der Waals surface area (Å²) >= 11 is 0. The standard InChI is InChI=1S/C15H18N2O2/c1-2-19-13-5-3-4-12(10-13)14(18)8-11-6-7-17-15(16)9-11/h3-7,9-10,14,18H,2,8H2,1H3,(H2,16,17). The maximum atomic E-state index is 10.2. The molecule has 4 nitrogen and oxygen atoms in total. The molecule has 2 rings (SSSR count). The molecule has 1 atom stereocenters. The summed E-state index contributed by atoms with van der Waals surface area (Å²) in [5.41, 5.74) is 7.42. The quantitative estimate of drug-likeness (QED) is 0.863. The van der Waals surface area contributed by atoms with Gasteiger partial charge in [0.15, 0.2) is 0 Å². The normalized spacial score (nSPS) is 12.1. The lowest BCUT2D eigenvalue weighted by molar-refractivity contribution is 0.178. The van der Waals surface area contributed by atoms with Crippen molar-refractivity contribution < 1.29 is 9.84 Å². The van der Waals surface area contributed by atoms with Crippen molar-refractivity contribution in [3.05, 3.63) is 53.7 Å². The first-order chi connectivity index (χ1) is 9.19. The monoisotopic (exact) mass is 258 g/mol. The molecule has 0 saturated carbocycles. The summed E-state index contributed by atoms with van der Waals surface area (Å²) in [4.78, 5) is 3.93. The third-order valence-corrected chi connectivity index (χ3v) is 2.83. The van der Waals surface area contributed by atoms with Crippen LogP contribution in [0.25, 0.3) is 0 Å². The van der Waals surface area contributed by atoms with E-state index in [1.807, 2.05) is 37.3 Å². The van der Waals surface area contributed by atoms with E-state index in [0.29, 0.717) is 18.8 Å². The first-order valence-corrected chi connectivity index (χ1v) is 6.30. The number of anilines is 1. The van der Waals surface area contributed by atoms with Crippen LogP contribution in [0.1, 0.15) is 24.2 Å². The molecule has 0 aliphatic rings. The molecule has 0 saturated heterocycles. The summed E-state index contributed by atoms with van der Waals surface area (Å²) in [5, 5.41) is 10.2.